The van der Waals surface area contributed by atoms with Crippen molar-refractivity contribution < 1.29 is 19.1 Å². The number of fused-ring (bicyclic) bond motifs is 2. The number of aryl methyl sites for hydroxylation is 1. The van der Waals surface area contributed by atoms with Crippen molar-refractivity contribution in [3.8, 4) is 11.5 Å². The van der Waals surface area contributed by atoms with Crippen molar-refractivity contribution in [1.29, 1.82) is 0 Å². The van der Waals surface area contributed by atoms with E-state index in [9.17, 15) is 9.59 Å². The summed E-state index contributed by atoms with van der Waals surface area (Å²) in [5, 5.41) is 0. The number of rotatable bonds is 5. The molecule has 0 radical (unpaired) electrons. The number of esters is 1. The molecule has 5 heteroatoms. The molecule has 5 nitrogen and oxygen atoms in total. The van der Waals surface area contributed by atoms with Gasteiger partial charge in [0.25, 0.3) is 0 Å². The number of hydrogen-bond acceptors (Lipinski definition) is 4. The highest BCUT2D eigenvalue weighted by molar-refractivity contribution is 5.99. The normalized spacial score (nSPS) is 15.1. The van der Waals surface area contributed by atoms with Crippen LogP contribution in [0.25, 0.3) is 0 Å². The van der Waals surface area contributed by atoms with Crippen LogP contribution in [0.3, 0.4) is 0 Å². The summed E-state index contributed by atoms with van der Waals surface area (Å²) in [5.41, 5.74) is 4.18. The molecule has 2 heterocycles. The SMILES string of the molecule is Cc1cc(C(=O)COC(=O)C2c3ccccc3Oc3ccccc32)c(C)n1C1CC1. The molecule has 0 bridgehead atoms. The van der Waals surface area contributed by atoms with Gasteiger partial charge < -0.3 is 14.0 Å². The molecule has 3 aromatic rings. The highest BCUT2D eigenvalue weighted by Gasteiger charge is 2.34. The van der Waals surface area contributed by atoms with Crippen molar-refractivity contribution in [2.24, 2.45) is 0 Å². The van der Waals surface area contributed by atoms with E-state index in [4.69, 9.17) is 9.47 Å². The molecular formula is C25H23NO4. The third kappa shape index (κ3) is 3.11. The second-order valence-electron chi connectivity index (χ2n) is 8.03. The molecule has 0 amide bonds. The predicted molar refractivity (Wildman–Crippen MR) is 112 cm³/mol. The maximum Gasteiger partial charge on any atom is 0.318 e. The minimum Gasteiger partial charge on any atom is -0.457 e. The van der Waals surface area contributed by atoms with E-state index in [1.165, 1.54) is 0 Å². The van der Waals surface area contributed by atoms with Crippen LogP contribution in [0.5, 0.6) is 11.5 Å². The van der Waals surface area contributed by atoms with Crippen LogP contribution in [0.4, 0.5) is 0 Å². The fraction of sp³-hybridized carbons (Fsp3) is 0.280. The summed E-state index contributed by atoms with van der Waals surface area (Å²) in [6.07, 6.45) is 2.31. The summed E-state index contributed by atoms with van der Waals surface area (Å²) < 4.78 is 13.7. The predicted octanol–water partition coefficient (Wildman–Crippen LogP) is 5.10. The van der Waals surface area contributed by atoms with Crippen molar-refractivity contribution >= 4 is 11.8 Å². The number of para-hydroxylation sites is 2. The van der Waals surface area contributed by atoms with Gasteiger partial charge in [-0.1, -0.05) is 36.4 Å². The largest absolute Gasteiger partial charge is 0.457 e. The smallest absolute Gasteiger partial charge is 0.318 e. The molecule has 0 spiro atoms. The Morgan fingerprint density at radius 3 is 2.20 bits per heavy atom. The minimum atomic E-state index is -0.613. The van der Waals surface area contributed by atoms with Gasteiger partial charge in [0.1, 0.15) is 17.4 Å². The number of aromatic nitrogens is 1. The van der Waals surface area contributed by atoms with Gasteiger partial charge in [-0.05, 0) is 44.9 Å². The van der Waals surface area contributed by atoms with E-state index in [1.807, 2.05) is 68.4 Å². The Morgan fingerprint density at radius 2 is 1.60 bits per heavy atom. The van der Waals surface area contributed by atoms with E-state index in [0.29, 0.717) is 23.1 Å². The summed E-state index contributed by atoms with van der Waals surface area (Å²) in [5.74, 6) is 0.0484. The Kier molecular flexibility index (Phi) is 4.46. The number of carbonyl (C=O) groups excluding carboxylic acids is 2. The van der Waals surface area contributed by atoms with E-state index in [2.05, 4.69) is 4.57 Å². The zero-order valence-corrected chi connectivity index (χ0v) is 17.1. The topological polar surface area (TPSA) is 57.5 Å². The van der Waals surface area contributed by atoms with Crippen molar-refractivity contribution in [1.82, 2.24) is 4.57 Å². The Morgan fingerprint density at radius 1 is 1.00 bits per heavy atom. The van der Waals surface area contributed by atoms with Gasteiger partial charge in [-0.15, -0.1) is 0 Å². The number of benzene rings is 2. The van der Waals surface area contributed by atoms with Crippen molar-refractivity contribution in [3.63, 3.8) is 0 Å². The number of Topliss-reactive ketones (excluding diaryl/α,β-unsaturated/α-hetero) is 1. The van der Waals surface area contributed by atoms with Gasteiger partial charge in [-0.2, -0.15) is 0 Å². The van der Waals surface area contributed by atoms with Crippen LogP contribution in [-0.2, 0) is 9.53 Å². The molecule has 5 rings (SSSR count). The van der Waals surface area contributed by atoms with Crippen molar-refractivity contribution in [3.05, 3.63) is 82.7 Å². The molecule has 30 heavy (non-hydrogen) atoms. The lowest BCUT2D eigenvalue weighted by molar-refractivity contribution is -0.143. The molecule has 0 saturated heterocycles. The standard InChI is InChI=1S/C25H23NO4/c1-15-13-20(16(2)26(15)17-11-12-17)21(27)14-29-25(28)24-18-7-3-5-9-22(18)30-23-10-6-4-8-19(23)24/h3-10,13,17,24H,11-12,14H2,1-2H3. The fourth-order valence-corrected chi connectivity index (χ4v) is 4.42. The first-order valence-corrected chi connectivity index (χ1v) is 10.3. The van der Waals surface area contributed by atoms with Gasteiger partial charge in [-0.25, -0.2) is 0 Å². The molecule has 1 saturated carbocycles. The fourth-order valence-electron chi connectivity index (χ4n) is 4.42. The first-order valence-electron chi connectivity index (χ1n) is 10.3. The molecule has 0 atom stereocenters. The summed E-state index contributed by atoms with van der Waals surface area (Å²) in [4.78, 5) is 25.9. The first kappa shape index (κ1) is 18.7. The van der Waals surface area contributed by atoms with E-state index < -0.39 is 11.9 Å². The van der Waals surface area contributed by atoms with E-state index in [0.717, 1.165) is 35.4 Å². The van der Waals surface area contributed by atoms with Gasteiger partial charge in [0, 0.05) is 34.1 Å². The molecule has 0 unspecified atom stereocenters. The molecular weight excluding hydrogens is 378 g/mol. The summed E-state index contributed by atoms with van der Waals surface area (Å²) in [6.45, 7) is 3.71. The quantitative estimate of drug-likeness (QED) is 0.441. The van der Waals surface area contributed by atoms with Gasteiger partial charge in [0.2, 0.25) is 5.78 Å². The van der Waals surface area contributed by atoms with Crippen LogP contribution in [0, 0.1) is 13.8 Å². The van der Waals surface area contributed by atoms with Crippen LogP contribution in [-0.4, -0.2) is 22.9 Å². The van der Waals surface area contributed by atoms with Gasteiger partial charge in [0.15, 0.2) is 6.61 Å². The van der Waals surface area contributed by atoms with Crippen LogP contribution < -0.4 is 4.74 Å². The first-order chi connectivity index (χ1) is 14.5. The molecule has 2 aromatic carbocycles. The molecule has 1 fully saturated rings. The average Bonchev–Trinajstić information content (AvgIpc) is 3.54. The molecule has 1 aromatic heterocycles. The van der Waals surface area contributed by atoms with E-state index in [-0.39, 0.29) is 12.4 Å². The number of hydrogen-bond donors (Lipinski definition) is 0. The lowest BCUT2D eigenvalue weighted by Gasteiger charge is -2.26. The van der Waals surface area contributed by atoms with Crippen LogP contribution in [0.2, 0.25) is 0 Å². The zero-order chi connectivity index (χ0) is 20.8. The Bertz CT molecular complexity index is 1110. The summed E-state index contributed by atoms with van der Waals surface area (Å²) in [6, 6.07) is 17.3. The van der Waals surface area contributed by atoms with Crippen molar-refractivity contribution in [2.75, 3.05) is 6.61 Å². The molecule has 0 N–H and O–H groups in total. The van der Waals surface area contributed by atoms with Gasteiger partial charge in [0.05, 0.1) is 0 Å². The van der Waals surface area contributed by atoms with Crippen LogP contribution in [0.15, 0.2) is 54.6 Å². The van der Waals surface area contributed by atoms with Gasteiger partial charge in [-0.3, -0.25) is 9.59 Å². The number of nitrogens with zero attached hydrogens (tertiary/aromatic N) is 1. The number of ether oxygens (including phenoxy) is 2. The molecule has 2 aliphatic rings. The molecule has 1 aliphatic heterocycles. The lowest BCUT2D eigenvalue weighted by Crippen LogP contribution is -2.23. The Balaban J connectivity index is 1.38. The number of carbonyl (C=O) groups is 2. The maximum atomic E-state index is 13.1. The lowest BCUT2D eigenvalue weighted by atomic mass is 9.88. The number of ketones is 1. The third-order valence-corrected chi connectivity index (χ3v) is 5.96. The minimum absolute atomic E-state index is 0.169. The Labute approximate surface area is 175 Å². The molecule has 152 valence electrons. The maximum absolute atomic E-state index is 13.1. The third-order valence-electron chi connectivity index (χ3n) is 5.96. The average molecular weight is 401 g/mol. The van der Waals surface area contributed by atoms with Crippen LogP contribution in [0.1, 0.15) is 57.7 Å². The second kappa shape index (κ2) is 7.17. The van der Waals surface area contributed by atoms with E-state index >= 15 is 0 Å². The van der Waals surface area contributed by atoms with Gasteiger partial charge >= 0.3 is 5.97 Å². The Hall–Kier alpha value is -3.34. The zero-order valence-electron chi connectivity index (χ0n) is 17.1. The molecule has 1 aliphatic carbocycles. The monoisotopic (exact) mass is 401 g/mol. The highest BCUT2D eigenvalue weighted by atomic mass is 16.5. The highest BCUT2D eigenvalue weighted by Crippen LogP contribution is 2.44. The van der Waals surface area contributed by atoms with Crippen molar-refractivity contribution in [2.45, 2.75) is 38.6 Å². The summed E-state index contributed by atoms with van der Waals surface area (Å²) in [7, 11) is 0. The second-order valence-corrected chi connectivity index (χ2v) is 8.03. The van der Waals surface area contributed by atoms with E-state index in [1.54, 1.807) is 0 Å². The van der Waals surface area contributed by atoms with Crippen LogP contribution >= 0.6 is 0 Å². The summed E-state index contributed by atoms with van der Waals surface area (Å²) >= 11 is 0.